The molecule has 35 heavy (non-hydrogen) atoms. The summed E-state index contributed by atoms with van der Waals surface area (Å²) in [4.78, 5) is 33.5. The number of anilines is 1. The molecule has 0 aliphatic carbocycles. The fraction of sp³-hybridized carbons (Fsp3) is 0.542. The first-order valence-corrected chi connectivity index (χ1v) is 12.4. The Bertz CT molecular complexity index is 1010. The maximum absolute atomic E-state index is 12.8. The Morgan fingerprint density at radius 2 is 2.09 bits per heavy atom. The zero-order valence-electron chi connectivity index (χ0n) is 20.0. The fourth-order valence-corrected chi connectivity index (χ4v) is 4.76. The van der Waals surface area contributed by atoms with E-state index in [9.17, 15) is 9.59 Å². The monoisotopic (exact) mass is 504 g/mol. The maximum atomic E-state index is 12.8. The summed E-state index contributed by atoms with van der Waals surface area (Å²) in [6.07, 6.45) is 6.68. The lowest BCUT2D eigenvalue weighted by molar-refractivity contribution is -0.0330. The number of hydrogen-bond donors (Lipinski definition) is 2. The molecule has 3 N–H and O–H groups in total. The number of nitrogens with one attached hydrogen (secondary N) is 1. The van der Waals surface area contributed by atoms with Gasteiger partial charge in [-0.25, -0.2) is 9.78 Å². The van der Waals surface area contributed by atoms with Crippen LogP contribution in [0.4, 0.5) is 10.5 Å². The second kappa shape index (κ2) is 11.7. The van der Waals surface area contributed by atoms with E-state index in [0.717, 1.165) is 45.6 Å². The van der Waals surface area contributed by atoms with E-state index in [0.29, 0.717) is 47.7 Å². The molecule has 3 heterocycles. The number of likely N-dealkylation sites (tertiary alicyclic amines) is 1. The van der Waals surface area contributed by atoms with Crippen molar-refractivity contribution < 1.29 is 19.1 Å². The summed E-state index contributed by atoms with van der Waals surface area (Å²) in [5.41, 5.74) is 6.58. The zero-order chi connectivity index (χ0) is 24.8. The molecular weight excluding hydrogens is 472 g/mol. The third-order valence-electron chi connectivity index (χ3n) is 6.48. The maximum Gasteiger partial charge on any atom is 0.329 e. The highest BCUT2D eigenvalue weighted by Gasteiger charge is 2.28. The molecule has 2 aliphatic rings. The molecular formula is C24H33ClN6O4. The molecule has 2 aromatic rings. The van der Waals surface area contributed by atoms with Gasteiger partial charge in [0, 0.05) is 57.7 Å². The van der Waals surface area contributed by atoms with Crippen LogP contribution in [0.1, 0.15) is 30.1 Å². The summed E-state index contributed by atoms with van der Waals surface area (Å²) in [7, 11) is 0. The van der Waals surface area contributed by atoms with Gasteiger partial charge in [-0.15, -0.1) is 0 Å². The Hall–Kier alpha value is -2.82. The number of imidazole rings is 1. The summed E-state index contributed by atoms with van der Waals surface area (Å²) in [5.74, 6) is 0.669. The second-order valence-electron chi connectivity index (χ2n) is 8.95. The molecule has 10 nitrogen and oxygen atoms in total. The number of nitrogens with two attached hydrogens (primary N) is 1. The van der Waals surface area contributed by atoms with Gasteiger partial charge >= 0.3 is 6.03 Å². The van der Waals surface area contributed by atoms with Crippen LogP contribution in [0, 0.1) is 5.92 Å². The van der Waals surface area contributed by atoms with Crippen LogP contribution in [-0.2, 0) is 4.74 Å². The average Bonchev–Trinajstić information content (AvgIpc) is 3.40. The van der Waals surface area contributed by atoms with Crippen molar-refractivity contribution in [1.82, 2.24) is 24.7 Å². The topological polar surface area (TPSA) is 115 Å². The van der Waals surface area contributed by atoms with Crippen LogP contribution in [0.25, 0.3) is 0 Å². The largest absolute Gasteiger partial charge is 0.493 e. The molecule has 11 heteroatoms. The smallest absolute Gasteiger partial charge is 0.329 e. The van der Waals surface area contributed by atoms with Gasteiger partial charge in [0.2, 0.25) is 0 Å². The number of benzene rings is 1. The number of rotatable bonds is 7. The first-order valence-electron chi connectivity index (χ1n) is 12.1. The van der Waals surface area contributed by atoms with Crippen LogP contribution in [-0.4, -0.2) is 89.9 Å². The fourth-order valence-electron chi connectivity index (χ4n) is 4.60. The molecule has 1 atom stereocenters. The zero-order valence-corrected chi connectivity index (χ0v) is 20.7. The van der Waals surface area contributed by atoms with Crippen molar-refractivity contribution >= 4 is 29.2 Å². The Kier molecular flexibility index (Phi) is 8.48. The molecule has 0 saturated carbocycles. The molecule has 2 amide bonds. The SMILES string of the molecule is CCOc1cc(N)c(Cl)cc1C(=O)NC[C@H]1CN(CC2CCN(C(=O)n3ccnc3)CC2)CCO1. The van der Waals surface area contributed by atoms with Crippen molar-refractivity contribution in [1.29, 1.82) is 0 Å². The molecule has 190 valence electrons. The number of ether oxygens (including phenoxy) is 2. The van der Waals surface area contributed by atoms with Gasteiger partial charge in [-0.2, -0.15) is 0 Å². The molecule has 4 rings (SSSR count). The summed E-state index contributed by atoms with van der Waals surface area (Å²) < 4.78 is 13.0. The van der Waals surface area contributed by atoms with E-state index in [1.54, 1.807) is 24.8 Å². The van der Waals surface area contributed by atoms with Gasteiger partial charge in [0.25, 0.3) is 5.91 Å². The number of amides is 2. The summed E-state index contributed by atoms with van der Waals surface area (Å²) >= 11 is 6.13. The Balaban J connectivity index is 1.24. The highest BCUT2D eigenvalue weighted by Crippen LogP contribution is 2.29. The molecule has 0 radical (unpaired) electrons. The molecule has 2 saturated heterocycles. The van der Waals surface area contributed by atoms with Gasteiger partial charge in [0.1, 0.15) is 12.1 Å². The lowest BCUT2D eigenvalue weighted by Gasteiger charge is -2.38. The number of carbonyl (C=O) groups excluding carboxylic acids is 2. The number of nitrogen functional groups attached to an aromatic ring is 1. The standard InChI is InChI=1S/C24H33ClN6O4/c1-2-34-22-12-21(26)20(25)11-19(22)23(32)28-13-18-15-29(9-10-35-18)14-17-3-6-30(7-4-17)24(33)31-8-5-27-16-31/h5,8,11-12,16-18H,2-4,6-7,9-10,13-15,26H2,1H3,(H,28,32)/t18-/m0/s1. The quantitative estimate of drug-likeness (QED) is 0.556. The van der Waals surface area contributed by atoms with E-state index < -0.39 is 0 Å². The minimum absolute atomic E-state index is 0.0157. The average molecular weight is 505 g/mol. The van der Waals surface area contributed by atoms with Gasteiger partial charge in [-0.3, -0.25) is 14.3 Å². The van der Waals surface area contributed by atoms with Crippen LogP contribution < -0.4 is 15.8 Å². The molecule has 0 bridgehead atoms. The van der Waals surface area contributed by atoms with E-state index in [2.05, 4.69) is 15.2 Å². The normalized spacial score (nSPS) is 19.5. The third kappa shape index (κ3) is 6.45. The van der Waals surface area contributed by atoms with Gasteiger partial charge in [-0.05, 0) is 31.7 Å². The lowest BCUT2D eigenvalue weighted by atomic mass is 9.96. The Labute approximate surface area is 210 Å². The molecule has 2 aliphatic heterocycles. The van der Waals surface area contributed by atoms with Crippen molar-refractivity contribution in [2.24, 2.45) is 5.92 Å². The van der Waals surface area contributed by atoms with Crippen LogP contribution in [0.15, 0.2) is 30.9 Å². The number of piperidine rings is 1. The van der Waals surface area contributed by atoms with Crippen molar-refractivity contribution in [2.75, 3.05) is 58.2 Å². The second-order valence-corrected chi connectivity index (χ2v) is 9.36. The van der Waals surface area contributed by atoms with Gasteiger partial charge in [-0.1, -0.05) is 11.6 Å². The first-order chi connectivity index (χ1) is 16.9. The highest BCUT2D eigenvalue weighted by molar-refractivity contribution is 6.33. The van der Waals surface area contributed by atoms with Gasteiger partial charge in [0.15, 0.2) is 0 Å². The lowest BCUT2D eigenvalue weighted by Crippen LogP contribution is -2.50. The van der Waals surface area contributed by atoms with Crippen molar-refractivity contribution in [3.05, 3.63) is 41.4 Å². The van der Waals surface area contributed by atoms with Gasteiger partial charge < -0.3 is 25.4 Å². The van der Waals surface area contributed by atoms with E-state index >= 15 is 0 Å². The summed E-state index contributed by atoms with van der Waals surface area (Å²) in [5, 5.41) is 3.26. The molecule has 1 aromatic heterocycles. The predicted molar refractivity (Wildman–Crippen MR) is 133 cm³/mol. The van der Waals surface area contributed by atoms with E-state index in [4.69, 9.17) is 26.8 Å². The van der Waals surface area contributed by atoms with E-state index in [1.807, 2.05) is 11.8 Å². The number of hydrogen-bond acceptors (Lipinski definition) is 7. The summed E-state index contributed by atoms with van der Waals surface area (Å²) in [6, 6.07) is 3.10. The Morgan fingerprint density at radius 3 is 2.80 bits per heavy atom. The molecule has 0 spiro atoms. The van der Waals surface area contributed by atoms with Crippen LogP contribution in [0.5, 0.6) is 5.75 Å². The number of nitrogens with zero attached hydrogens (tertiary/aromatic N) is 4. The number of aromatic nitrogens is 2. The first kappa shape index (κ1) is 25.3. The number of halogens is 1. The highest BCUT2D eigenvalue weighted by atomic mass is 35.5. The van der Waals surface area contributed by atoms with Crippen molar-refractivity contribution in [3.63, 3.8) is 0 Å². The molecule has 0 unspecified atom stereocenters. The van der Waals surface area contributed by atoms with E-state index in [1.165, 1.54) is 10.6 Å². The number of morpholine rings is 1. The van der Waals surface area contributed by atoms with Crippen LogP contribution >= 0.6 is 11.6 Å². The number of carbonyl (C=O) groups is 2. The van der Waals surface area contributed by atoms with Gasteiger partial charge in [0.05, 0.1) is 35.6 Å². The molecule has 1 aromatic carbocycles. The van der Waals surface area contributed by atoms with Crippen molar-refractivity contribution in [2.45, 2.75) is 25.9 Å². The van der Waals surface area contributed by atoms with Crippen LogP contribution in [0.3, 0.4) is 0 Å². The molecule has 2 fully saturated rings. The van der Waals surface area contributed by atoms with Crippen molar-refractivity contribution in [3.8, 4) is 5.75 Å². The van der Waals surface area contributed by atoms with E-state index in [-0.39, 0.29) is 18.0 Å². The van der Waals surface area contributed by atoms with Crippen LogP contribution in [0.2, 0.25) is 5.02 Å². The minimum Gasteiger partial charge on any atom is -0.493 e. The third-order valence-corrected chi connectivity index (χ3v) is 6.81. The Morgan fingerprint density at radius 1 is 1.29 bits per heavy atom. The summed E-state index contributed by atoms with van der Waals surface area (Å²) in [6.45, 7) is 7.34. The predicted octanol–water partition coefficient (Wildman–Crippen LogP) is 2.33. The minimum atomic E-state index is -0.272.